The van der Waals surface area contributed by atoms with Gasteiger partial charge in [0.25, 0.3) is 0 Å². The van der Waals surface area contributed by atoms with Gasteiger partial charge in [0.15, 0.2) is 0 Å². The topological polar surface area (TPSA) is 351 Å². The van der Waals surface area contributed by atoms with Crippen LogP contribution in [0.5, 0.6) is 0 Å². The largest absolute Gasteiger partial charge is 0.480 e. The molecular formula is C46H74N10O12. The van der Waals surface area contributed by atoms with Crippen LogP contribution in [0.25, 0.3) is 0 Å². The minimum absolute atomic E-state index is 0.0322. The van der Waals surface area contributed by atoms with Crippen LogP contribution < -0.4 is 48.7 Å². The molecule has 0 unspecified atom stereocenters. The first-order chi connectivity index (χ1) is 31.9. The lowest BCUT2D eigenvalue weighted by atomic mass is 9.96. The fraction of sp³-hybridized carbons (Fsp3) is 0.652. The zero-order valence-corrected chi connectivity index (χ0v) is 40.5. The van der Waals surface area contributed by atoms with Gasteiger partial charge in [-0.05, 0) is 54.9 Å². The number of nitrogens with zero attached hydrogens (tertiary/aromatic N) is 1. The second-order valence-electron chi connectivity index (χ2n) is 18.4. The van der Waals surface area contributed by atoms with Gasteiger partial charge in [-0.1, -0.05) is 92.1 Å². The molecule has 1 saturated heterocycles. The second-order valence-corrected chi connectivity index (χ2v) is 18.4. The van der Waals surface area contributed by atoms with Gasteiger partial charge >= 0.3 is 5.97 Å². The Morgan fingerprint density at radius 1 is 0.721 bits per heavy atom. The van der Waals surface area contributed by atoms with Crippen molar-refractivity contribution in [1.29, 1.82) is 0 Å². The average molecular weight is 959 g/mol. The summed E-state index contributed by atoms with van der Waals surface area (Å²) >= 11 is 0. The Hall–Kier alpha value is -6.16. The minimum atomic E-state index is -1.42. The lowest BCUT2D eigenvalue weighted by molar-refractivity contribution is -0.144. The normalized spacial score (nSPS) is 17.1. The van der Waals surface area contributed by atoms with Gasteiger partial charge in [0.1, 0.15) is 48.3 Å². The molecule has 22 nitrogen and oxygen atoms in total. The Labute approximate surface area is 398 Å². The van der Waals surface area contributed by atoms with Crippen molar-refractivity contribution >= 4 is 59.1 Å². The number of benzene rings is 1. The minimum Gasteiger partial charge on any atom is -0.480 e. The van der Waals surface area contributed by atoms with E-state index >= 15 is 0 Å². The van der Waals surface area contributed by atoms with Gasteiger partial charge < -0.3 is 63.8 Å². The van der Waals surface area contributed by atoms with Crippen molar-refractivity contribution in [2.45, 2.75) is 149 Å². The number of aliphatic carboxylic acids is 1. The fourth-order valence-electron chi connectivity index (χ4n) is 7.47. The zero-order valence-electron chi connectivity index (χ0n) is 40.5. The summed E-state index contributed by atoms with van der Waals surface area (Å²) in [5.41, 5.74) is 11.7. The number of primary amides is 1. The Balaban J connectivity index is 2.24. The van der Waals surface area contributed by atoms with E-state index in [1.807, 2.05) is 13.8 Å². The van der Waals surface area contributed by atoms with Crippen molar-refractivity contribution in [3.8, 4) is 0 Å². The van der Waals surface area contributed by atoms with E-state index in [4.69, 9.17) is 11.5 Å². The highest BCUT2D eigenvalue weighted by Gasteiger charge is 2.40. The third kappa shape index (κ3) is 18.5. The van der Waals surface area contributed by atoms with E-state index in [0.717, 1.165) is 0 Å². The summed E-state index contributed by atoms with van der Waals surface area (Å²) in [6.07, 6.45) is 0.681. The van der Waals surface area contributed by atoms with E-state index in [0.29, 0.717) is 18.4 Å². The second kappa shape index (κ2) is 28.2. The molecule has 1 fully saturated rings. The number of aliphatic hydroxyl groups is 1. The average Bonchev–Trinajstić information content (AvgIpc) is 3.78. The number of carbonyl (C=O) groups excluding carboxylic acids is 9. The van der Waals surface area contributed by atoms with Crippen molar-refractivity contribution in [3.05, 3.63) is 35.9 Å². The van der Waals surface area contributed by atoms with Crippen molar-refractivity contribution < 1.29 is 58.2 Å². The number of hydrogen-bond acceptors (Lipinski definition) is 12. The maximum atomic E-state index is 14.3. The molecule has 0 radical (unpaired) electrons. The van der Waals surface area contributed by atoms with Crippen molar-refractivity contribution in [3.63, 3.8) is 0 Å². The first kappa shape index (κ1) is 58.0. The highest BCUT2D eigenvalue weighted by molar-refractivity contribution is 5.98. The monoisotopic (exact) mass is 959 g/mol. The number of carboxylic acids is 1. The Morgan fingerprint density at radius 2 is 1.26 bits per heavy atom. The molecule has 0 aliphatic carbocycles. The van der Waals surface area contributed by atoms with Gasteiger partial charge in [-0.25, -0.2) is 4.79 Å². The number of amides is 9. The van der Waals surface area contributed by atoms with E-state index in [1.165, 1.54) is 4.90 Å². The molecule has 1 heterocycles. The Bertz CT molecular complexity index is 1920. The SMILES string of the molecule is CC[C@H](C)[C@H](NC(=O)[C@@H](NC(=O)[C@@H](NC(=O)[C@H](CCC(N)=O)NC(=O)CNC(=O)[C@@H]1CCCN1C(=O)[C@H](Cc1ccccc1)NC(=O)[C@H](CC(C)C)NC(=O)[C@@H](N)CO)C(C)C)C(C)C)C(=O)O. The van der Waals surface area contributed by atoms with Crippen LogP contribution in [0.15, 0.2) is 30.3 Å². The Morgan fingerprint density at radius 3 is 1.78 bits per heavy atom. The highest BCUT2D eigenvalue weighted by Crippen LogP contribution is 2.21. The van der Waals surface area contributed by atoms with Crippen LogP contribution >= 0.6 is 0 Å². The number of carbonyl (C=O) groups is 10. The smallest absolute Gasteiger partial charge is 0.326 e. The molecule has 380 valence electrons. The van der Waals surface area contributed by atoms with Gasteiger partial charge in [-0.2, -0.15) is 0 Å². The third-order valence-electron chi connectivity index (χ3n) is 11.6. The summed E-state index contributed by atoms with van der Waals surface area (Å²) in [7, 11) is 0. The quantitative estimate of drug-likeness (QED) is 0.0448. The van der Waals surface area contributed by atoms with Gasteiger partial charge in [-0.15, -0.1) is 0 Å². The first-order valence-corrected chi connectivity index (χ1v) is 23.2. The zero-order chi connectivity index (χ0) is 51.4. The molecule has 0 aromatic heterocycles. The standard InChI is InChI=1S/C46H74N10O12/c1-9-27(8)38(46(67)68)55-44(65)37(26(6)7)54-43(64)36(25(4)5)53-40(61)30(17-18-34(48)58)50-35(59)22-49-42(63)33-16-13-19-56(33)45(66)32(21-28-14-11-10-12-15-28)52-41(62)31(20-24(2)3)51-39(60)29(47)23-57/h10-12,14-15,24-27,29-33,36-38,57H,9,13,16-23,47H2,1-8H3,(H2,48,58)(H,49,63)(H,50,59)(H,51,60)(H,52,62)(H,53,61)(H,54,64)(H,55,65)(H,67,68)/t27-,29-,30-,31-,32-,33-,36-,37-,38-/m0/s1. The van der Waals surface area contributed by atoms with E-state index in [1.54, 1.807) is 71.9 Å². The summed E-state index contributed by atoms with van der Waals surface area (Å²) in [6.45, 7) is 12.5. The molecule has 1 aliphatic heterocycles. The summed E-state index contributed by atoms with van der Waals surface area (Å²) in [5.74, 6) is -9.51. The molecule has 68 heavy (non-hydrogen) atoms. The van der Waals surface area contributed by atoms with Crippen LogP contribution in [0.1, 0.15) is 99.5 Å². The summed E-state index contributed by atoms with van der Waals surface area (Å²) < 4.78 is 0. The fourth-order valence-corrected chi connectivity index (χ4v) is 7.47. The highest BCUT2D eigenvalue weighted by atomic mass is 16.4. The molecule has 0 saturated carbocycles. The van der Waals surface area contributed by atoms with Crippen LogP contribution in [0, 0.1) is 23.7 Å². The van der Waals surface area contributed by atoms with Crippen LogP contribution in [-0.4, -0.2) is 142 Å². The molecule has 1 aliphatic rings. The lowest BCUT2D eigenvalue weighted by Crippen LogP contribution is -2.60. The van der Waals surface area contributed by atoms with Crippen molar-refractivity contribution in [1.82, 2.24) is 42.1 Å². The molecule has 13 N–H and O–H groups in total. The van der Waals surface area contributed by atoms with E-state index < -0.39 is 138 Å². The molecule has 0 bridgehead atoms. The summed E-state index contributed by atoms with van der Waals surface area (Å²) in [6, 6.07) is -0.869. The van der Waals surface area contributed by atoms with Crippen LogP contribution in [0.3, 0.4) is 0 Å². The lowest BCUT2D eigenvalue weighted by Gasteiger charge is -2.30. The predicted molar refractivity (Wildman–Crippen MR) is 249 cm³/mol. The van der Waals surface area contributed by atoms with Crippen LogP contribution in [0.4, 0.5) is 0 Å². The van der Waals surface area contributed by atoms with E-state index in [2.05, 4.69) is 37.2 Å². The number of hydrogen-bond donors (Lipinski definition) is 11. The van der Waals surface area contributed by atoms with Crippen molar-refractivity contribution in [2.24, 2.45) is 35.1 Å². The molecule has 9 atom stereocenters. The maximum absolute atomic E-state index is 14.3. The maximum Gasteiger partial charge on any atom is 0.326 e. The summed E-state index contributed by atoms with van der Waals surface area (Å²) in [5, 5.41) is 37.0. The van der Waals surface area contributed by atoms with Crippen molar-refractivity contribution in [2.75, 3.05) is 19.7 Å². The van der Waals surface area contributed by atoms with Gasteiger partial charge in [0.05, 0.1) is 13.2 Å². The van der Waals surface area contributed by atoms with Crippen LogP contribution in [-0.2, 0) is 54.4 Å². The molecule has 1 aromatic rings. The summed E-state index contributed by atoms with van der Waals surface area (Å²) in [4.78, 5) is 133. The molecule has 0 spiro atoms. The number of carboxylic acid groups (broad SMARTS) is 1. The molecule has 2 rings (SSSR count). The number of nitrogens with one attached hydrogen (secondary N) is 7. The van der Waals surface area contributed by atoms with E-state index in [9.17, 15) is 58.2 Å². The van der Waals surface area contributed by atoms with Gasteiger partial charge in [0, 0.05) is 19.4 Å². The molecule has 9 amide bonds. The molecule has 22 heteroatoms. The predicted octanol–water partition coefficient (Wildman–Crippen LogP) is -1.68. The number of rotatable bonds is 28. The first-order valence-electron chi connectivity index (χ1n) is 23.2. The molecule has 1 aromatic carbocycles. The number of likely N-dealkylation sites (tertiary alicyclic amines) is 1. The number of nitrogens with two attached hydrogens (primary N) is 2. The Kier molecular flexibility index (Phi) is 24.1. The van der Waals surface area contributed by atoms with Gasteiger partial charge in [-0.3, -0.25) is 43.2 Å². The van der Waals surface area contributed by atoms with Crippen LogP contribution in [0.2, 0.25) is 0 Å². The third-order valence-corrected chi connectivity index (χ3v) is 11.6. The van der Waals surface area contributed by atoms with E-state index in [-0.39, 0.29) is 44.6 Å². The molecular weight excluding hydrogens is 885 g/mol. The van der Waals surface area contributed by atoms with Gasteiger partial charge in [0.2, 0.25) is 53.2 Å². The number of aliphatic hydroxyl groups excluding tert-OH is 1.